The molecule has 0 aliphatic carbocycles. The molecule has 3 aromatic carbocycles. The van der Waals surface area contributed by atoms with E-state index in [1.807, 2.05) is 42.5 Å². The summed E-state index contributed by atoms with van der Waals surface area (Å²) in [4.78, 5) is 12.0. The number of amides is 1. The van der Waals surface area contributed by atoms with E-state index in [1.165, 1.54) is 0 Å². The summed E-state index contributed by atoms with van der Waals surface area (Å²) in [5, 5.41) is 6.17. The Balaban J connectivity index is 1.64. The van der Waals surface area contributed by atoms with E-state index >= 15 is 0 Å². The Morgan fingerprint density at radius 3 is 2.74 bits per heavy atom. The Morgan fingerprint density at radius 1 is 1.15 bits per heavy atom. The second-order valence-corrected chi connectivity index (χ2v) is 7.60. The molecule has 0 aromatic heterocycles. The highest BCUT2D eigenvalue weighted by Crippen LogP contribution is 2.34. The normalized spacial score (nSPS) is 11.4. The van der Waals surface area contributed by atoms with Gasteiger partial charge >= 0.3 is 0 Å². The number of benzene rings is 3. The molecule has 0 unspecified atom stereocenters. The minimum atomic E-state index is -0.346. The highest BCUT2D eigenvalue weighted by molar-refractivity contribution is 9.11. The number of hydrazone groups is 1. The van der Waals surface area contributed by atoms with Gasteiger partial charge in [0.2, 0.25) is 0 Å². The van der Waals surface area contributed by atoms with E-state index in [1.54, 1.807) is 19.1 Å². The van der Waals surface area contributed by atoms with Gasteiger partial charge < -0.3 is 10.5 Å². The highest BCUT2D eigenvalue weighted by atomic mass is 79.9. The molecule has 7 heteroatoms. The van der Waals surface area contributed by atoms with Gasteiger partial charge in [-0.15, -0.1) is 0 Å². The lowest BCUT2D eigenvalue weighted by Crippen LogP contribution is -2.25. The van der Waals surface area contributed by atoms with E-state index in [-0.39, 0.29) is 12.5 Å². The topological polar surface area (TPSA) is 76.7 Å². The number of nitrogens with zero attached hydrogens (tertiary/aromatic N) is 1. The van der Waals surface area contributed by atoms with Crippen molar-refractivity contribution in [1.82, 2.24) is 5.43 Å². The van der Waals surface area contributed by atoms with Gasteiger partial charge in [-0.2, -0.15) is 5.10 Å². The van der Waals surface area contributed by atoms with E-state index in [0.29, 0.717) is 17.1 Å². The summed E-state index contributed by atoms with van der Waals surface area (Å²) in [5.74, 6) is 0.248. The number of nitrogens with one attached hydrogen (secondary N) is 1. The van der Waals surface area contributed by atoms with Gasteiger partial charge in [0.25, 0.3) is 5.91 Å². The Labute approximate surface area is 173 Å². The molecule has 0 radical (unpaired) electrons. The molecule has 27 heavy (non-hydrogen) atoms. The minimum absolute atomic E-state index is 0.145. The lowest BCUT2D eigenvalue weighted by atomic mass is 10.1. The molecule has 3 aromatic rings. The van der Waals surface area contributed by atoms with Gasteiger partial charge in [-0.05, 0) is 69.5 Å². The van der Waals surface area contributed by atoms with Crippen LogP contribution in [0.3, 0.4) is 0 Å². The van der Waals surface area contributed by atoms with Crippen LogP contribution in [0.2, 0.25) is 0 Å². The summed E-state index contributed by atoms with van der Waals surface area (Å²) in [6, 6.07) is 17.0. The van der Waals surface area contributed by atoms with Crippen molar-refractivity contribution < 1.29 is 9.53 Å². The monoisotopic (exact) mass is 489 g/mol. The predicted molar refractivity (Wildman–Crippen MR) is 116 cm³/mol. The zero-order valence-electron chi connectivity index (χ0n) is 14.5. The quantitative estimate of drug-likeness (QED) is 0.304. The van der Waals surface area contributed by atoms with Gasteiger partial charge in [0.1, 0.15) is 5.75 Å². The number of hydrogen-bond acceptors (Lipinski definition) is 4. The fraction of sp³-hybridized carbons (Fsp3) is 0.100. The van der Waals surface area contributed by atoms with Crippen LogP contribution in [0.15, 0.2) is 68.6 Å². The van der Waals surface area contributed by atoms with Gasteiger partial charge in [-0.1, -0.05) is 40.2 Å². The molecule has 0 fully saturated rings. The Hall–Kier alpha value is -2.38. The summed E-state index contributed by atoms with van der Waals surface area (Å²) < 4.78 is 7.44. The molecule has 3 N–H and O–H groups in total. The van der Waals surface area contributed by atoms with Gasteiger partial charge in [0.05, 0.1) is 10.2 Å². The highest BCUT2D eigenvalue weighted by Gasteiger charge is 2.09. The van der Waals surface area contributed by atoms with Crippen molar-refractivity contribution in [3.63, 3.8) is 0 Å². The van der Waals surface area contributed by atoms with Crippen LogP contribution in [0.1, 0.15) is 12.5 Å². The molecule has 0 aliphatic heterocycles. The SMILES string of the molecule is C/C(=N\NC(=O)COc1ccc2cc(Br)ccc2c1Br)c1cccc(N)c1. The number of carbonyl (C=O) groups is 1. The predicted octanol–water partition coefficient (Wildman–Crippen LogP) is 4.87. The van der Waals surface area contributed by atoms with E-state index in [0.717, 1.165) is 25.3 Å². The van der Waals surface area contributed by atoms with Crippen molar-refractivity contribution in [2.45, 2.75) is 6.92 Å². The van der Waals surface area contributed by atoms with Crippen molar-refractivity contribution in [3.8, 4) is 5.75 Å². The summed E-state index contributed by atoms with van der Waals surface area (Å²) in [6.45, 7) is 1.66. The number of nitrogens with two attached hydrogens (primary N) is 1. The first-order valence-electron chi connectivity index (χ1n) is 8.13. The van der Waals surface area contributed by atoms with Gasteiger partial charge in [0, 0.05) is 10.2 Å². The first-order chi connectivity index (χ1) is 12.9. The van der Waals surface area contributed by atoms with Crippen molar-refractivity contribution in [2.75, 3.05) is 12.3 Å². The minimum Gasteiger partial charge on any atom is -0.483 e. The van der Waals surface area contributed by atoms with Crippen molar-refractivity contribution in [1.29, 1.82) is 0 Å². The molecular weight excluding hydrogens is 474 g/mol. The molecule has 3 rings (SSSR count). The number of ether oxygens (including phenoxy) is 1. The molecule has 0 atom stereocenters. The summed E-state index contributed by atoms with van der Waals surface area (Å²) in [7, 11) is 0. The third kappa shape index (κ3) is 4.87. The molecule has 138 valence electrons. The van der Waals surface area contributed by atoms with Crippen LogP contribution in [0.5, 0.6) is 5.75 Å². The van der Waals surface area contributed by atoms with Gasteiger partial charge in [0.15, 0.2) is 6.61 Å². The standard InChI is InChI=1S/C20H17Br2N3O2/c1-12(13-3-2-4-16(23)10-13)24-25-19(26)11-27-18-8-5-14-9-15(21)6-7-17(14)20(18)22/h2-10H,11,23H2,1H3,(H,25,26)/b24-12+. The second-order valence-electron chi connectivity index (χ2n) is 5.89. The van der Waals surface area contributed by atoms with Crippen LogP contribution in [-0.4, -0.2) is 18.2 Å². The Kier molecular flexibility index (Phi) is 6.13. The fourth-order valence-corrected chi connectivity index (χ4v) is 3.49. The van der Waals surface area contributed by atoms with E-state index in [2.05, 4.69) is 42.4 Å². The molecule has 0 saturated carbocycles. The van der Waals surface area contributed by atoms with E-state index < -0.39 is 0 Å². The Bertz CT molecular complexity index is 1030. The van der Waals surface area contributed by atoms with Gasteiger partial charge in [-0.25, -0.2) is 5.43 Å². The van der Waals surface area contributed by atoms with Crippen molar-refractivity contribution in [3.05, 3.63) is 69.1 Å². The van der Waals surface area contributed by atoms with Crippen LogP contribution >= 0.6 is 31.9 Å². The van der Waals surface area contributed by atoms with Crippen molar-refractivity contribution >= 4 is 59.9 Å². The number of rotatable bonds is 5. The summed E-state index contributed by atoms with van der Waals surface area (Å²) >= 11 is 7.00. The fourth-order valence-electron chi connectivity index (χ4n) is 2.50. The zero-order chi connectivity index (χ0) is 19.4. The second kappa shape index (κ2) is 8.54. The number of carbonyl (C=O) groups excluding carboxylic acids is 1. The molecule has 0 saturated heterocycles. The first-order valence-corrected chi connectivity index (χ1v) is 9.72. The third-order valence-corrected chi connectivity index (χ3v) is 5.20. The lowest BCUT2D eigenvalue weighted by Gasteiger charge is -2.10. The lowest BCUT2D eigenvalue weighted by molar-refractivity contribution is -0.123. The van der Waals surface area contributed by atoms with Crippen LogP contribution in [0.25, 0.3) is 10.8 Å². The van der Waals surface area contributed by atoms with Crippen LogP contribution in [-0.2, 0) is 4.79 Å². The Morgan fingerprint density at radius 2 is 1.96 bits per heavy atom. The number of hydrogen-bond donors (Lipinski definition) is 2. The molecule has 0 heterocycles. The van der Waals surface area contributed by atoms with E-state index in [9.17, 15) is 4.79 Å². The number of nitrogen functional groups attached to an aromatic ring is 1. The molecular formula is C20H17Br2N3O2. The van der Waals surface area contributed by atoms with Crippen molar-refractivity contribution in [2.24, 2.45) is 5.10 Å². The smallest absolute Gasteiger partial charge is 0.277 e. The third-order valence-electron chi connectivity index (χ3n) is 3.89. The summed E-state index contributed by atoms with van der Waals surface area (Å²) in [6.07, 6.45) is 0. The molecule has 0 aliphatic rings. The molecule has 5 nitrogen and oxygen atoms in total. The average Bonchev–Trinajstić information content (AvgIpc) is 2.65. The number of halogens is 2. The maximum Gasteiger partial charge on any atom is 0.277 e. The number of anilines is 1. The van der Waals surface area contributed by atoms with Gasteiger partial charge in [-0.3, -0.25) is 4.79 Å². The molecule has 1 amide bonds. The maximum atomic E-state index is 12.0. The van der Waals surface area contributed by atoms with E-state index in [4.69, 9.17) is 10.5 Å². The first kappa shape index (κ1) is 19.4. The number of fused-ring (bicyclic) bond motifs is 1. The maximum absolute atomic E-state index is 12.0. The average molecular weight is 491 g/mol. The largest absolute Gasteiger partial charge is 0.483 e. The summed E-state index contributed by atoms with van der Waals surface area (Å²) in [5.41, 5.74) is 10.4. The van der Waals surface area contributed by atoms with Crippen LogP contribution in [0.4, 0.5) is 5.69 Å². The van der Waals surface area contributed by atoms with Crippen LogP contribution < -0.4 is 15.9 Å². The zero-order valence-corrected chi connectivity index (χ0v) is 17.7. The molecule has 0 spiro atoms. The van der Waals surface area contributed by atoms with Crippen LogP contribution in [0, 0.1) is 0 Å². The molecule has 0 bridgehead atoms.